The predicted molar refractivity (Wildman–Crippen MR) is 140 cm³/mol. The number of amides is 1. The fourth-order valence-electron chi connectivity index (χ4n) is 4.40. The molecule has 0 bridgehead atoms. The molecule has 1 atom stereocenters. The Morgan fingerprint density at radius 1 is 1.00 bits per heavy atom. The average molecular weight is 539 g/mol. The minimum absolute atomic E-state index is 0.0878. The van der Waals surface area contributed by atoms with Gasteiger partial charge in [-0.05, 0) is 43.7 Å². The Hall–Kier alpha value is -4.38. The smallest absolute Gasteiger partial charge is 0.350 e. The normalized spacial score (nSPS) is 16.5. The van der Waals surface area contributed by atoms with Gasteiger partial charge in [-0.3, -0.25) is 14.5 Å². The van der Waals surface area contributed by atoms with Crippen molar-refractivity contribution in [1.82, 2.24) is 4.98 Å². The summed E-state index contributed by atoms with van der Waals surface area (Å²) in [6.07, 6.45) is 0. The fraction of sp³-hybridized carbons (Fsp3) is 0.259. The number of rotatable bonds is 7. The maximum atomic E-state index is 13.5. The number of Topliss-reactive ketones (excluding diaryl/α,β-unsaturated/α-hetero) is 1. The quantitative estimate of drug-likeness (QED) is 0.204. The molecule has 0 aliphatic carbocycles. The minimum Gasteiger partial charge on any atom is -0.507 e. The van der Waals surface area contributed by atoms with Crippen molar-refractivity contribution in [2.75, 3.05) is 33.3 Å². The number of anilines is 1. The summed E-state index contributed by atoms with van der Waals surface area (Å²) < 4.78 is 21.2. The first-order chi connectivity index (χ1) is 18.2. The van der Waals surface area contributed by atoms with Gasteiger partial charge in [-0.15, -0.1) is 0 Å². The maximum absolute atomic E-state index is 13.5. The van der Waals surface area contributed by atoms with Crippen LogP contribution in [0.15, 0.2) is 42.0 Å². The maximum Gasteiger partial charge on any atom is 0.350 e. The van der Waals surface area contributed by atoms with Crippen molar-refractivity contribution in [2.45, 2.75) is 19.9 Å². The number of aliphatic hydroxyl groups excluding tert-OH is 1. The Labute approximate surface area is 223 Å². The highest BCUT2D eigenvalue weighted by Gasteiger charge is 2.49. The van der Waals surface area contributed by atoms with E-state index in [1.807, 2.05) is 0 Å². The second-order valence-corrected chi connectivity index (χ2v) is 9.32. The lowest BCUT2D eigenvalue weighted by molar-refractivity contribution is -0.132. The molecule has 1 amide bonds. The third-order valence-corrected chi connectivity index (χ3v) is 7.34. The zero-order valence-electron chi connectivity index (χ0n) is 21.6. The summed E-state index contributed by atoms with van der Waals surface area (Å²) in [5.41, 5.74) is 1.59. The molecule has 1 aliphatic rings. The molecule has 1 aliphatic heterocycles. The van der Waals surface area contributed by atoms with Crippen LogP contribution >= 0.6 is 11.3 Å². The molecule has 0 radical (unpaired) electrons. The predicted octanol–water partition coefficient (Wildman–Crippen LogP) is 4.20. The van der Waals surface area contributed by atoms with Crippen molar-refractivity contribution >= 4 is 39.9 Å². The molecule has 0 unspecified atom stereocenters. The lowest BCUT2D eigenvalue weighted by Crippen LogP contribution is -2.29. The number of aromatic nitrogens is 1. The topological polar surface area (TPSA) is 124 Å². The van der Waals surface area contributed by atoms with E-state index in [0.717, 1.165) is 21.8 Å². The van der Waals surface area contributed by atoms with Gasteiger partial charge in [0.15, 0.2) is 16.6 Å². The number of benzene rings is 2. The number of hydrogen-bond donors (Lipinski definition) is 1. The van der Waals surface area contributed by atoms with E-state index in [0.29, 0.717) is 28.3 Å². The van der Waals surface area contributed by atoms with E-state index >= 15 is 0 Å². The molecule has 198 valence electrons. The number of esters is 1. The molecule has 1 fully saturated rings. The van der Waals surface area contributed by atoms with Crippen molar-refractivity contribution in [3.63, 3.8) is 0 Å². The number of ketones is 1. The Balaban J connectivity index is 2.01. The molecule has 1 N–H and O–H groups in total. The monoisotopic (exact) mass is 538 g/mol. The second-order valence-electron chi connectivity index (χ2n) is 8.34. The molecule has 2 heterocycles. The van der Waals surface area contributed by atoms with Gasteiger partial charge in [-0.25, -0.2) is 9.78 Å². The molecule has 4 rings (SSSR count). The summed E-state index contributed by atoms with van der Waals surface area (Å²) in [5, 5.41) is 11.5. The number of nitrogens with zero attached hydrogens (tertiary/aromatic N) is 2. The first-order valence-electron chi connectivity index (χ1n) is 11.4. The van der Waals surface area contributed by atoms with Gasteiger partial charge < -0.3 is 24.1 Å². The van der Waals surface area contributed by atoms with Crippen LogP contribution in [0.3, 0.4) is 0 Å². The minimum atomic E-state index is -1.14. The van der Waals surface area contributed by atoms with Crippen molar-refractivity contribution in [3.05, 3.63) is 69.2 Å². The van der Waals surface area contributed by atoms with Crippen LogP contribution in [0, 0.1) is 13.8 Å². The zero-order chi connectivity index (χ0) is 27.7. The third-order valence-electron chi connectivity index (χ3n) is 6.20. The van der Waals surface area contributed by atoms with Crippen LogP contribution in [0.2, 0.25) is 0 Å². The molecule has 38 heavy (non-hydrogen) atoms. The Morgan fingerprint density at radius 2 is 1.71 bits per heavy atom. The van der Waals surface area contributed by atoms with Gasteiger partial charge in [-0.1, -0.05) is 23.5 Å². The number of ether oxygens (including phenoxy) is 4. The molecular weight excluding hydrogens is 512 g/mol. The first-order valence-corrected chi connectivity index (χ1v) is 12.2. The molecule has 3 aromatic rings. The zero-order valence-corrected chi connectivity index (χ0v) is 22.5. The summed E-state index contributed by atoms with van der Waals surface area (Å²) in [5.74, 6) is -1.61. The van der Waals surface area contributed by atoms with Crippen molar-refractivity contribution in [1.29, 1.82) is 0 Å². The van der Waals surface area contributed by atoms with Crippen LogP contribution in [0.5, 0.6) is 17.2 Å². The summed E-state index contributed by atoms with van der Waals surface area (Å²) in [7, 11) is 5.67. The number of carbonyl (C=O) groups excluding carboxylic acids is 3. The van der Waals surface area contributed by atoms with Crippen LogP contribution in [-0.2, 0) is 14.3 Å². The number of para-hydroxylation sites is 1. The van der Waals surface area contributed by atoms with E-state index in [1.54, 1.807) is 50.2 Å². The largest absolute Gasteiger partial charge is 0.507 e. The SMILES string of the molecule is COC(=O)c1sc(N2C(=O)C(=O)/C(=C(/O)c3ccc(OC)c(C)c3)[C@H]2c2cccc(OC)c2OC)nc1C. The van der Waals surface area contributed by atoms with Gasteiger partial charge in [-0.2, -0.15) is 0 Å². The summed E-state index contributed by atoms with van der Waals surface area (Å²) in [6.45, 7) is 3.40. The summed E-state index contributed by atoms with van der Waals surface area (Å²) in [6, 6.07) is 8.79. The van der Waals surface area contributed by atoms with Gasteiger partial charge in [0.25, 0.3) is 5.78 Å². The molecule has 2 aromatic carbocycles. The molecule has 10 nitrogen and oxygen atoms in total. The van der Waals surface area contributed by atoms with E-state index in [1.165, 1.54) is 28.4 Å². The van der Waals surface area contributed by atoms with E-state index in [4.69, 9.17) is 18.9 Å². The van der Waals surface area contributed by atoms with Gasteiger partial charge >= 0.3 is 11.9 Å². The molecular formula is C27H26N2O8S. The standard InChI is InChI=1S/C27H26N2O8S/c1-13-12-15(10-11-17(13)34-3)21(30)19-20(16-8-7-9-18(35-4)23(16)36-5)29(25(32)22(19)31)27-28-14(2)24(38-27)26(33)37-6/h7-12,20,30H,1-6H3/b21-19+/t20-/m1/s1. The van der Waals surface area contributed by atoms with Crippen molar-refractivity contribution in [2.24, 2.45) is 0 Å². The van der Waals surface area contributed by atoms with E-state index < -0.39 is 23.7 Å². The van der Waals surface area contributed by atoms with Crippen LogP contribution < -0.4 is 19.1 Å². The van der Waals surface area contributed by atoms with Crippen LogP contribution in [0.4, 0.5) is 5.13 Å². The van der Waals surface area contributed by atoms with Crippen molar-refractivity contribution < 1.29 is 38.4 Å². The number of methoxy groups -OCH3 is 4. The molecule has 1 aromatic heterocycles. The van der Waals surface area contributed by atoms with Gasteiger partial charge in [0.05, 0.1) is 39.7 Å². The molecule has 11 heteroatoms. The summed E-state index contributed by atoms with van der Waals surface area (Å²) >= 11 is 0.908. The lowest BCUT2D eigenvalue weighted by atomic mass is 9.94. The highest BCUT2D eigenvalue weighted by Crippen LogP contribution is 2.48. The number of aliphatic hydroxyl groups is 1. The number of thiazole rings is 1. The highest BCUT2D eigenvalue weighted by molar-refractivity contribution is 7.17. The molecule has 1 saturated heterocycles. The third kappa shape index (κ3) is 4.34. The second kappa shape index (κ2) is 10.5. The van der Waals surface area contributed by atoms with Gasteiger partial charge in [0, 0.05) is 11.1 Å². The number of hydrogen-bond acceptors (Lipinski definition) is 10. The molecule has 0 saturated carbocycles. The lowest BCUT2D eigenvalue weighted by Gasteiger charge is -2.25. The Morgan fingerprint density at radius 3 is 2.32 bits per heavy atom. The highest BCUT2D eigenvalue weighted by atomic mass is 32.1. The van der Waals surface area contributed by atoms with Crippen LogP contribution in [0.1, 0.15) is 38.1 Å². The van der Waals surface area contributed by atoms with Gasteiger partial charge in [0.1, 0.15) is 22.4 Å². The van der Waals surface area contributed by atoms with E-state index in [2.05, 4.69) is 4.98 Å². The van der Waals surface area contributed by atoms with Crippen LogP contribution in [0.25, 0.3) is 5.76 Å². The Bertz CT molecular complexity index is 1480. The summed E-state index contributed by atoms with van der Waals surface area (Å²) in [4.78, 5) is 45.0. The first kappa shape index (κ1) is 26.7. The Kier molecular flexibility index (Phi) is 7.40. The van der Waals surface area contributed by atoms with E-state index in [9.17, 15) is 19.5 Å². The van der Waals surface area contributed by atoms with Crippen molar-refractivity contribution in [3.8, 4) is 17.2 Å². The average Bonchev–Trinajstić information content (AvgIpc) is 3.43. The van der Waals surface area contributed by atoms with Crippen LogP contribution in [-0.4, -0.2) is 56.2 Å². The van der Waals surface area contributed by atoms with E-state index in [-0.39, 0.29) is 27.1 Å². The number of aryl methyl sites for hydroxylation is 2. The fourth-order valence-corrected chi connectivity index (χ4v) is 5.41. The van der Waals surface area contributed by atoms with Gasteiger partial charge in [0.2, 0.25) is 0 Å². The molecule has 0 spiro atoms. The number of carbonyl (C=O) groups is 3.